The van der Waals surface area contributed by atoms with E-state index < -0.39 is 9.84 Å². The minimum Gasteiger partial charge on any atom is -0.497 e. The van der Waals surface area contributed by atoms with E-state index in [4.69, 9.17) is 4.74 Å². The third-order valence-corrected chi connectivity index (χ3v) is 4.88. The van der Waals surface area contributed by atoms with Gasteiger partial charge in [0, 0.05) is 18.3 Å². The molecule has 5 heteroatoms. The zero-order valence-corrected chi connectivity index (χ0v) is 12.7. The molecule has 0 heterocycles. The van der Waals surface area contributed by atoms with Gasteiger partial charge in [0.1, 0.15) is 5.75 Å². The lowest BCUT2D eigenvalue weighted by molar-refractivity contribution is 0.414. The molecule has 0 fully saturated rings. The first-order valence-electron chi connectivity index (χ1n) is 6.60. The van der Waals surface area contributed by atoms with Gasteiger partial charge in [0.25, 0.3) is 0 Å². The summed E-state index contributed by atoms with van der Waals surface area (Å²) in [7, 11) is -1.26. The third-order valence-electron chi connectivity index (χ3n) is 3.17. The van der Waals surface area contributed by atoms with Gasteiger partial charge in [0.2, 0.25) is 0 Å². The van der Waals surface area contributed by atoms with Crippen LogP contribution in [-0.2, 0) is 9.84 Å². The Morgan fingerprint density at radius 1 is 1.21 bits per heavy atom. The van der Waals surface area contributed by atoms with Crippen LogP contribution in [0, 0.1) is 0 Å². The lowest BCUT2D eigenvalue weighted by Gasteiger charge is -2.17. The average Bonchev–Trinajstić information content (AvgIpc) is 2.44. The maximum absolute atomic E-state index is 11.4. The van der Waals surface area contributed by atoms with Gasteiger partial charge in [0.05, 0.1) is 12.9 Å². The van der Waals surface area contributed by atoms with Crippen molar-refractivity contribution in [2.45, 2.75) is 26.3 Å². The number of methoxy groups -OCH3 is 1. The van der Waals surface area contributed by atoms with Gasteiger partial charge in [-0.3, -0.25) is 0 Å². The van der Waals surface area contributed by atoms with Gasteiger partial charge in [-0.05, 0) is 24.1 Å². The maximum Gasteiger partial charge on any atom is 0.151 e. The fourth-order valence-electron chi connectivity index (χ4n) is 1.87. The molecule has 108 valence electrons. The van der Waals surface area contributed by atoms with E-state index in [-0.39, 0.29) is 17.5 Å². The first-order valence-corrected chi connectivity index (χ1v) is 8.42. The second-order valence-electron chi connectivity index (χ2n) is 4.42. The van der Waals surface area contributed by atoms with Crippen LogP contribution in [0.15, 0.2) is 24.3 Å². The maximum atomic E-state index is 11.4. The molecule has 1 N–H and O–H groups in total. The molecule has 0 saturated heterocycles. The lowest BCUT2D eigenvalue weighted by atomic mass is 10.0. The molecule has 0 amide bonds. The molecule has 19 heavy (non-hydrogen) atoms. The first-order chi connectivity index (χ1) is 9.02. The molecule has 1 atom stereocenters. The van der Waals surface area contributed by atoms with E-state index in [0.29, 0.717) is 6.54 Å². The molecule has 0 aliphatic rings. The molecule has 0 aromatic heterocycles. The van der Waals surface area contributed by atoms with Crippen molar-refractivity contribution >= 4 is 9.84 Å². The van der Waals surface area contributed by atoms with Crippen LogP contribution in [0.1, 0.15) is 31.9 Å². The van der Waals surface area contributed by atoms with E-state index in [2.05, 4.69) is 12.2 Å². The number of benzene rings is 1. The molecular formula is C14H23NO3S. The van der Waals surface area contributed by atoms with Gasteiger partial charge >= 0.3 is 0 Å². The molecule has 1 rings (SSSR count). The predicted molar refractivity (Wildman–Crippen MR) is 78.4 cm³/mol. The Morgan fingerprint density at radius 2 is 1.84 bits per heavy atom. The zero-order chi connectivity index (χ0) is 14.3. The van der Waals surface area contributed by atoms with Crippen LogP contribution >= 0.6 is 0 Å². The van der Waals surface area contributed by atoms with Crippen molar-refractivity contribution < 1.29 is 13.2 Å². The number of rotatable bonds is 8. The van der Waals surface area contributed by atoms with Crippen molar-refractivity contribution in [2.24, 2.45) is 0 Å². The molecule has 1 aromatic carbocycles. The highest BCUT2D eigenvalue weighted by Crippen LogP contribution is 2.19. The van der Waals surface area contributed by atoms with Gasteiger partial charge in [-0.25, -0.2) is 8.42 Å². The smallest absolute Gasteiger partial charge is 0.151 e. The monoisotopic (exact) mass is 285 g/mol. The highest BCUT2D eigenvalue weighted by Gasteiger charge is 2.11. The van der Waals surface area contributed by atoms with Crippen molar-refractivity contribution in [3.8, 4) is 5.75 Å². The molecule has 0 bridgehead atoms. The highest BCUT2D eigenvalue weighted by atomic mass is 32.2. The van der Waals surface area contributed by atoms with Gasteiger partial charge < -0.3 is 10.1 Å². The highest BCUT2D eigenvalue weighted by molar-refractivity contribution is 7.91. The Kier molecular flexibility index (Phi) is 6.31. The quantitative estimate of drug-likeness (QED) is 0.795. The largest absolute Gasteiger partial charge is 0.497 e. The number of hydrogen-bond acceptors (Lipinski definition) is 4. The van der Waals surface area contributed by atoms with E-state index >= 15 is 0 Å². The summed E-state index contributed by atoms with van der Waals surface area (Å²) in [4.78, 5) is 0. The van der Waals surface area contributed by atoms with Crippen LogP contribution in [0.3, 0.4) is 0 Å². The molecular weight excluding hydrogens is 262 g/mol. The van der Waals surface area contributed by atoms with Crippen molar-refractivity contribution in [1.82, 2.24) is 5.32 Å². The van der Waals surface area contributed by atoms with Crippen LogP contribution in [0.25, 0.3) is 0 Å². The second kappa shape index (κ2) is 7.50. The Morgan fingerprint density at radius 3 is 2.32 bits per heavy atom. The fourth-order valence-corrected chi connectivity index (χ4v) is 2.58. The molecule has 4 nitrogen and oxygen atoms in total. The summed E-state index contributed by atoms with van der Waals surface area (Å²) in [6.45, 7) is 4.24. The fraction of sp³-hybridized carbons (Fsp3) is 0.571. The molecule has 0 saturated carbocycles. The average molecular weight is 285 g/mol. The Bertz CT molecular complexity index is 468. The van der Waals surface area contributed by atoms with Gasteiger partial charge in [-0.15, -0.1) is 0 Å². The lowest BCUT2D eigenvalue weighted by Crippen LogP contribution is -2.27. The van der Waals surface area contributed by atoms with Crippen molar-refractivity contribution in [2.75, 3.05) is 25.2 Å². The SMILES string of the molecule is CCC(NCCS(=O)(=O)CC)c1ccc(OC)cc1. The predicted octanol–water partition coefficient (Wildman–Crippen LogP) is 2.17. The summed E-state index contributed by atoms with van der Waals surface area (Å²) in [5.41, 5.74) is 1.15. The first kappa shape index (κ1) is 16.0. The number of sulfone groups is 1. The molecule has 1 unspecified atom stereocenters. The number of hydrogen-bond donors (Lipinski definition) is 1. The minimum atomic E-state index is -2.90. The van der Waals surface area contributed by atoms with E-state index in [1.54, 1.807) is 14.0 Å². The molecule has 0 radical (unpaired) electrons. The molecule has 0 aliphatic carbocycles. The van der Waals surface area contributed by atoms with Crippen LogP contribution < -0.4 is 10.1 Å². The minimum absolute atomic E-state index is 0.179. The summed E-state index contributed by atoms with van der Waals surface area (Å²) >= 11 is 0. The number of ether oxygens (including phenoxy) is 1. The van der Waals surface area contributed by atoms with E-state index in [9.17, 15) is 8.42 Å². The standard InChI is InChI=1S/C14H23NO3S/c1-4-14(15-10-11-19(16,17)5-2)12-6-8-13(18-3)9-7-12/h6-9,14-15H,4-5,10-11H2,1-3H3. The Hall–Kier alpha value is -1.07. The number of nitrogens with one attached hydrogen (secondary N) is 1. The third kappa shape index (κ3) is 5.20. The second-order valence-corrected chi connectivity index (χ2v) is 6.90. The molecule has 0 aliphatic heterocycles. The summed E-state index contributed by atoms with van der Waals surface area (Å²) < 4.78 is 28.0. The van der Waals surface area contributed by atoms with Crippen LogP contribution in [0.2, 0.25) is 0 Å². The van der Waals surface area contributed by atoms with Crippen molar-refractivity contribution in [1.29, 1.82) is 0 Å². The summed E-state index contributed by atoms with van der Waals surface area (Å²) in [5, 5.41) is 3.29. The summed E-state index contributed by atoms with van der Waals surface area (Å²) in [6.07, 6.45) is 0.915. The molecule has 1 aromatic rings. The van der Waals surface area contributed by atoms with Crippen molar-refractivity contribution in [3.05, 3.63) is 29.8 Å². The van der Waals surface area contributed by atoms with E-state index in [1.165, 1.54) is 0 Å². The Labute approximate surface area is 116 Å². The van der Waals surface area contributed by atoms with Gasteiger partial charge in [-0.2, -0.15) is 0 Å². The Balaban J connectivity index is 2.57. The van der Waals surface area contributed by atoms with Gasteiger partial charge in [-0.1, -0.05) is 26.0 Å². The molecule has 0 spiro atoms. The van der Waals surface area contributed by atoms with Crippen LogP contribution in [-0.4, -0.2) is 33.6 Å². The van der Waals surface area contributed by atoms with E-state index in [0.717, 1.165) is 17.7 Å². The normalized spacial score (nSPS) is 13.2. The summed E-state index contributed by atoms with van der Waals surface area (Å²) in [6, 6.07) is 8.03. The zero-order valence-electron chi connectivity index (χ0n) is 11.8. The van der Waals surface area contributed by atoms with E-state index in [1.807, 2.05) is 24.3 Å². The van der Waals surface area contributed by atoms with Crippen LogP contribution in [0.5, 0.6) is 5.75 Å². The van der Waals surface area contributed by atoms with Crippen molar-refractivity contribution in [3.63, 3.8) is 0 Å². The van der Waals surface area contributed by atoms with Crippen LogP contribution in [0.4, 0.5) is 0 Å². The van der Waals surface area contributed by atoms with Gasteiger partial charge in [0.15, 0.2) is 9.84 Å². The summed E-state index contributed by atoms with van der Waals surface area (Å²) in [5.74, 6) is 1.22. The topological polar surface area (TPSA) is 55.4 Å².